The smallest absolute Gasteiger partial charge is 0.184 e. The molecule has 4 aliphatic rings. The van der Waals surface area contributed by atoms with Crippen LogP contribution in [0, 0.1) is 40.9 Å². The van der Waals surface area contributed by atoms with Crippen LogP contribution >= 0.6 is 0 Å². The standard InChI is InChI=1S/C26H36N4O2/c1-25(32)9-7-18-16(11-25)3-4-20-19(18)8-10-26(2)21(20)5-6-22(26)23(31)14-30-13-17-12-27-15-28-24(17)29-30/h12-13,15-16,18-22,32H,3-11,14H2,1-2H3/t16?,18-,19+,20+,21-,22+,25+,26-/m0/s1. The number of fused-ring (bicyclic) bond motifs is 6. The molecule has 0 aliphatic heterocycles. The van der Waals surface area contributed by atoms with E-state index in [0.717, 1.165) is 42.4 Å². The summed E-state index contributed by atoms with van der Waals surface area (Å²) >= 11 is 0. The topological polar surface area (TPSA) is 80.9 Å². The Labute approximate surface area is 190 Å². The fourth-order valence-corrected chi connectivity index (χ4v) is 8.78. The fourth-order valence-electron chi connectivity index (χ4n) is 8.78. The van der Waals surface area contributed by atoms with Crippen LogP contribution in [0.3, 0.4) is 0 Å². The summed E-state index contributed by atoms with van der Waals surface area (Å²) in [5, 5.41) is 16.0. The highest BCUT2D eigenvalue weighted by molar-refractivity contribution is 5.82. The molecular weight excluding hydrogens is 400 g/mol. The highest BCUT2D eigenvalue weighted by atomic mass is 16.3. The van der Waals surface area contributed by atoms with Crippen molar-refractivity contribution >= 4 is 16.8 Å². The number of aliphatic hydroxyl groups is 1. The lowest BCUT2D eigenvalue weighted by atomic mass is 9.49. The Hall–Kier alpha value is -1.82. The number of rotatable bonds is 3. The molecule has 1 unspecified atom stereocenters. The molecule has 4 fully saturated rings. The molecule has 4 aliphatic carbocycles. The van der Waals surface area contributed by atoms with Crippen molar-refractivity contribution in [1.82, 2.24) is 19.7 Å². The summed E-state index contributed by atoms with van der Waals surface area (Å²) in [6.07, 6.45) is 15.6. The third kappa shape index (κ3) is 3.24. The van der Waals surface area contributed by atoms with E-state index in [1.54, 1.807) is 10.9 Å². The Balaban J connectivity index is 1.18. The second-order valence-corrected chi connectivity index (χ2v) is 11.9. The molecule has 4 saturated carbocycles. The molecule has 0 bridgehead atoms. The van der Waals surface area contributed by atoms with Crippen LogP contribution in [-0.2, 0) is 11.3 Å². The molecule has 32 heavy (non-hydrogen) atoms. The maximum atomic E-state index is 13.5. The molecule has 8 atom stereocenters. The molecule has 0 aromatic carbocycles. The lowest BCUT2D eigenvalue weighted by molar-refractivity contribution is -0.133. The Morgan fingerprint density at radius 2 is 1.94 bits per heavy atom. The second kappa shape index (κ2) is 7.34. The van der Waals surface area contributed by atoms with E-state index in [2.05, 4.69) is 22.0 Å². The van der Waals surface area contributed by atoms with Crippen molar-refractivity contribution in [2.24, 2.45) is 40.9 Å². The number of aromatic nitrogens is 4. The minimum atomic E-state index is -0.453. The van der Waals surface area contributed by atoms with Crippen molar-refractivity contribution in [2.75, 3.05) is 0 Å². The van der Waals surface area contributed by atoms with Gasteiger partial charge in [0.05, 0.1) is 17.5 Å². The van der Waals surface area contributed by atoms with Gasteiger partial charge in [0, 0.05) is 18.3 Å². The third-order valence-electron chi connectivity index (χ3n) is 10.2. The van der Waals surface area contributed by atoms with Gasteiger partial charge in [-0.1, -0.05) is 6.92 Å². The molecule has 0 amide bonds. The van der Waals surface area contributed by atoms with Crippen LogP contribution < -0.4 is 0 Å². The number of carbonyl (C=O) groups is 1. The first-order valence-corrected chi connectivity index (χ1v) is 12.7. The first-order valence-electron chi connectivity index (χ1n) is 12.7. The fraction of sp³-hybridized carbons (Fsp3) is 0.769. The predicted octanol–water partition coefficient (Wildman–Crippen LogP) is 4.42. The molecule has 6 nitrogen and oxygen atoms in total. The van der Waals surface area contributed by atoms with Gasteiger partial charge in [0.25, 0.3) is 0 Å². The summed E-state index contributed by atoms with van der Waals surface area (Å²) < 4.78 is 1.77. The van der Waals surface area contributed by atoms with E-state index in [9.17, 15) is 9.90 Å². The van der Waals surface area contributed by atoms with Crippen LogP contribution in [0.1, 0.15) is 71.6 Å². The first-order chi connectivity index (χ1) is 15.3. The lowest BCUT2D eigenvalue weighted by Gasteiger charge is -2.56. The molecule has 1 N–H and O–H groups in total. The van der Waals surface area contributed by atoms with Crippen LogP contribution in [-0.4, -0.2) is 36.2 Å². The molecule has 2 heterocycles. The average molecular weight is 437 g/mol. The zero-order chi connectivity index (χ0) is 22.1. The van der Waals surface area contributed by atoms with Crippen LogP contribution in [0.5, 0.6) is 0 Å². The minimum absolute atomic E-state index is 0.137. The summed E-state index contributed by atoms with van der Waals surface area (Å²) in [7, 11) is 0. The molecule has 2 aromatic heterocycles. The van der Waals surface area contributed by atoms with Crippen molar-refractivity contribution in [3.63, 3.8) is 0 Å². The monoisotopic (exact) mass is 436 g/mol. The third-order valence-corrected chi connectivity index (χ3v) is 10.2. The Morgan fingerprint density at radius 1 is 1.09 bits per heavy atom. The normalized spacial score (nSPS) is 43.5. The second-order valence-electron chi connectivity index (χ2n) is 11.9. The summed E-state index contributed by atoms with van der Waals surface area (Å²) in [5.41, 5.74) is 0.342. The van der Waals surface area contributed by atoms with E-state index >= 15 is 0 Å². The molecule has 6 heteroatoms. The summed E-state index contributed by atoms with van der Waals surface area (Å²) in [6, 6.07) is 0. The van der Waals surface area contributed by atoms with E-state index in [0.29, 0.717) is 29.8 Å². The quantitative estimate of drug-likeness (QED) is 0.771. The molecular formula is C26H36N4O2. The zero-order valence-electron chi connectivity index (χ0n) is 19.4. The van der Waals surface area contributed by atoms with Crippen LogP contribution in [0.25, 0.3) is 11.0 Å². The van der Waals surface area contributed by atoms with E-state index < -0.39 is 5.60 Å². The van der Waals surface area contributed by atoms with Gasteiger partial charge in [0.2, 0.25) is 0 Å². The van der Waals surface area contributed by atoms with Crippen molar-refractivity contribution in [2.45, 2.75) is 83.8 Å². The predicted molar refractivity (Wildman–Crippen MR) is 122 cm³/mol. The number of nitrogens with zero attached hydrogens (tertiary/aromatic N) is 4. The maximum Gasteiger partial charge on any atom is 0.184 e. The molecule has 6 rings (SSSR count). The Morgan fingerprint density at radius 3 is 2.78 bits per heavy atom. The van der Waals surface area contributed by atoms with Gasteiger partial charge in [-0.2, -0.15) is 5.10 Å². The molecule has 172 valence electrons. The zero-order valence-corrected chi connectivity index (χ0v) is 19.4. The van der Waals surface area contributed by atoms with Gasteiger partial charge in [-0.3, -0.25) is 9.48 Å². The van der Waals surface area contributed by atoms with E-state index in [-0.39, 0.29) is 11.3 Å². The summed E-state index contributed by atoms with van der Waals surface area (Å²) in [4.78, 5) is 21.7. The van der Waals surface area contributed by atoms with Gasteiger partial charge < -0.3 is 5.11 Å². The van der Waals surface area contributed by atoms with E-state index in [1.807, 2.05) is 13.1 Å². The van der Waals surface area contributed by atoms with Gasteiger partial charge in [0.1, 0.15) is 6.33 Å². The summed E-state index contributed by atoms with van der Waals surface area (Å²) in [6.45, 7) is 4.80. The van der Waals surface area contributed by atoms with Gasteiger partial charge in [-0.25, -0.2) is 9.97 Å². The molecule has 2 aromatic rings. The van der Waals surface area contributed by atoms with Crippen LogP contribution in [0.4, 0.5) is 0 Å². The Bertz CT molecular complexity index is 999. The molecule has 0 radical (unpaired) electrons. The highest BCUT2D eigenvalue weighted by Crippen LogP contribution is 2.64. The lowest BCUT2D eigenvalue weighted by Crippen LogP contribution is -2.51. The number of hydrogen-bond acceptors (Lipinski definition) is 5. The van der Waals surface area contributed by atoms with Gasteiger partial charge in [0.15, 0.2) is 11.4 Å². The van der Waals surface area contributed by atoms with Crippen LogP contribution in [0.2, 0.25) is 0 Å². The van der Waals surface area contributed by atoms with Gasteiger partial charge in [-0.15, -0.1) is 0 Å². The number of Topliss-reactive ketones (excluding diaryl/α,β-unsaturated/α-hetero) is 1. The minimum Gasteiger partial charge on any atom is -0.390 e. The van der Waals surface area contributed by atoms with E-state index in [1.165, 1.54) is 44.9 Å². The van der Waals surface area contributed by atoms with Gasteiger partial charge >= 0.3 is 0 Å². The van der Waals surface area contributed by atoms with Crippen molar-refractivity contribution in [1.29, 1.82) is 0 Å². The largest absolute Gasteiger partial charge is 0.390 e. The first kappa shape index (κ1) is 20.8. The highest BCUT2D eigenvalue weighted by Gasteiger charge is 2.58. The van der Waals surface area contributed by atoms with E-state index in [4.69, 9.17) is 0 Å². The maximum absolute atomic E-state index is 13.5. The van der Waals surface area contributed by atoms with Gasteiger partial charge in [-0.05, 0) is 99.7 Å². The SMILES string of the molecule is C[C@@]1(O)CC[C@H]2C(CC[C@@H]3[C@@H]2CC[C@]2(C)[C@@H](C(=O)Cn4cc5cncnc5n4)CC[C@@H]32)C1. The van der Waals surface area contributed by atoms with Crippen molar-refractivity contribution in [3.8, 4) is 0 Å². The van der Waals surface area contributed by atoms with Crippen LogP contribution in [0.15, 0.2) is 18.7 Å². The number of hydrogen-bond donors (Lipinski definition) is 1. The molecule has 0 saturated heterocycles. The molecule has 0 spiro atoms. The van der Waals surface area contributed by atoms with Crippen molar-refractivity contribution < 1.29 is 9.90 Å². The summed E-state index contributed by atoms with van der Waals surface area (Å²) in [5.74, 6) is 4.27. The Kier molecular flexibility index (Phi) is 4.76. The van der Waals surface area contributed by atoms with Crippen molar-refractivity contribution in [3.05, 3.63) is 18.7 Å². The number of carbonyl (C=O) groups excluding carboxylic acids is 1. The average Bonchev–Trinajstić information content (AvgIpc) is 3.32. The number of ketones is 1.